The van der Waals surface area contributed by atoms with Crippen molar-refractivity contribution in [1.82, 2.24) is 25.1 Å². The summed E-state index contributed by atoms with van der Waals surface area (Å²) in [7, 11) is 1.53. The van der Waals surface area contributed by atoms with Crippen molar-refractivity contribution >= 4 is 17.7 Å². The van der Waals surface area contributed by atoms with Crippen LogP contribution in [0.1, 0.15) is 18.3 Å². The second-order valence-electron chi connectivity index (χ2n) is 5.83. The molecule has 0 radical (unpaired) electrons. The van der Waals surface area contributed by atoms with Crippen LogP contribution in [-0.4, -0.2) is 32.8 Å². The van der Waals surface area contributed by atoms with E-state index in [1.165, 1.54) is 20.1 Å². The quantitative estimate of drug-likeness (QED) is 0.654. The predicted molar refractivity (Wildman–Crippen MR) is 98.8 cm³/mol. The Labute approximate surface area is 168 Å². The lowest BCUT2D eigenvalue weighted by atomic mass is 10.3. The molecule has 29 heavy (non-hydrogen) atoms. The number of nitrogens with one attached hydrogen (secondary N) is 1. The number of hydrogen-bond donors (Lipinski definition) is 1. The highest BCUT2D eigenvalue weighted by molar-refractivity contribution is 7.99. The normalized spacial score (nSPS) is 11.3. The molecule has 7 nitrogen and oxygen atoms in total. The number of amides is 1. The molecule has 0 aliphatic rings. The Bertz CT molecular complexity index is 1010. The van der Waals surface area contributed by atoms with E-state index in [1.807, 2.05) is 0 Å². The molecular formula is C18H16F3N5O2S. The molecular weight excluding hydrogens is 407 g/mol. The van der Waals surface area contributed by atoms with E-state index in [1.54, 1.807) is 28.8 Å². The molecule has 0 saturated heterocycles. The molecule has 11 heteroatoms. The maximum atomic E-state index is 12.7. The minimum atomic E-state index is -4.46. The van der Waals surface area contributed by atoms with Crippen LogP contribution in [-0.2, 0) is 17.5 Å². The van der Waals surface area contributed by atoms with Crippen LogP contribution in [0.5, 0.6) is 5.75 Å². The van der Waals surface area contributed by atoms with Gasteiger partial charge in [0, 0.05) is 19.2 Å². The fourth-order valence-electron chi connectivity index (χ4n) is 2.40. The minimum absolute atomic E-state index is 0.126. The van der Waals surface area contributed by atoms with E-state index in [4.69, 9.17) is 4.74 Å². The molecule has 0 bridgehead atoms. The van der Waals surface area contributed by atoms with E-state index in [0.717, 1.165) is 24.0 Å². The van der Waals surface area contributed by atoms with E-state index in [0.29, 0.717) is 27.4 Å². The Kier molecular flexibility index (Phi) is 6.06. The highest BCUT2D eigenvalue weighted by atomic mass is 32.2. The smallest absolute Gasteiger partial charge is 0.417 e. The number of rotatable bonds is 6. The lowest BCUT2D eigenvalue weighted by molar-refractivity contribution is -0.137. The van der Waals surface area contributed by atoms with Crippen LogP contribution in [0.3, 0.4) is 0 Å². The van der Waals surface area contributed by atoms with Crippen molar-refractivity contribution in [3.63, 3.8) is 0 Å². The number of halogens is 3. The predicted octanol–water partition coefficient (Wildman–Crippen LogP) is 3.48. The van der Waals surface area contributed by atoms with Gasteiger partial charge in [-0.3, -0.25) is 9.36 Å². The van der Waals surface area contributed by atoms with E-state index in [2.05, 4.69) is 20.5 Å². The van der Waals surface area contributed by atoms with Crippen LogP contribution >= 0.6 is 11.8 Å². The third kappa shape index (κ3) is 5.05. The zero-order valence-corrected chi connectivity index (χ0v) is 16.2. The first-order chi connectivity index (χ1) is 13.8. The van der Waals surface area contributed by atoms with Crippen molar-refractivity contribution in [2.75, 3.05) is 7.11 Å². The summed E-state index contributed by atoms with van der Waals surface area (Å²) >= 11 is 1.05. The molecule has 3 aromatic rings. The van der Waals surface area contributed by atoms with Crippen molar-refractivity contribution in [3.8, 4) is 11.4 Å². The summed E-state index contributed by atoms with van der Waals surface area (Å²) < 4.78 is 45.1. The van der Waals surface area contributed by atoms with Gasteiger partial charge in [0.15, 0.2) is 5.82 Å². The summed E-state index contributed by atoms with van der Waals surface area (Å²) in [5.41, 5.74) is -0.161. The molecule has 0 fully saturated rings. The van der Waals surface area contributed by atoms with Crippen molar-refractivity contribution in [2.45, 2.75) is 29.8 Å². The number of pyridine rings is 1. The molecule has 1 N–H and O–H groups in total. The Hall–Kier alpha value is -3.08. The third-order valence-corrected chi connectivity index (χ3v) is 4.66. The number of nitrogens with zero attached hydrogens (tertiary/aromatic N) is 4. The summed E-state index contributed by atoms with van der Waals surface area (Å²) in [6.45, 7) is 1.51. The van der Waals surface area contributed by atoms with Gasteiger partial charge in [0.05, 0.1) is 24.9 Å². The first-order valence-corrected chi connectivity index (χ1v) is 9.14. The zero-order chi connectivity index (χ0) is 21.0. The van der Waals surface area contributed by atoms with Crippen LogP contribution in [0.25, 0.3) is 5.69 Å². The van der Waals surface area contributed by atoms with Gasteiger partial charge in [0.25, 0.3) is 0 Å². The van der Waals surface area contributed by atoms with Gasteiger partial charge in [-0.05, 0) is 36.0 Å². The fraction of sp³-hybridized carbons (Fsp3) is 0.222. The monoisotopic (exact) mass is 423 g/mol. The average Bonchev–Trinajstić information content (AvgIpc) is 3.08. The molecule has 0 aliphatic heterocycles. The highest BCUT2D eigenvalue weighted by Gasteiger charge is 2.30. The first kappa shape index (κ1) is 20.6. The van der Waals surface area contributed by atoms with E-state index in [-0.39, 0.29) is 12.5 Å². The maximum absolute atomic E-state index is 12.7. The second kappa shape index (κ2) is 8.52. The number of ether oxygens (including phenoxy) is 1. The first-order valence-electron chi connectivity index (χ1n) is 8.32. The van der Waals surface area contributed by atoms with Crippen molar-refractivity contribution < 1.29 is 22.7 Å². The molecule has 0 spiro atoms. The number of carbonyl (C=O) groups is 1. The number of methoxy groups -OCH3 is 1. The van der Waals surface area contributed by atoms with Crippen LogP contribution in [0.15, 0.2) is 52.8 Å². The van der Waals surface area contributed by atoms with Crippen LogP contribution in [0.2, 0.25) is 0 Å². The Morgan fingerprint density at radius 2 is 2.03 bits per heavy atom. The molecule has 0 saturated carbocycles. The number of benzene rings is 1. The molecule has 0 atom stereocenters. The Morgan fingerprint density at radius 3 is 2.66 bits per heavy atom. The van der Waals surface area contributed by atoms with Gasteiger partial charge >= 0.3 is 6.18 Å². The van der Waals surface area contributed by atoms with Gasteiger partial charge < -0.3 is 10.1 Å². The number of aromatic nitrogens is 4. The number of hydrogen-bond acceptors (Lipinski definition) is 6. The molecule has 152 valence electrons. The standard InChI is InChI=1S/C18H16F3N5O2S/c1-11(27)22-10-15-24-25-17(26(15)13-4-3-5-14(8-13)28-2)29-16-7-6-12(9-23-16)18(19,20)21/h3-9H,10H2,1-2H3,(H,22,27). The van der Waals surface area contributed by atoms with Gasteiger partial charge in [0.1, 0.15) is 10.8 Å². The molecule has 2 heterocycles. The van der Waals surface area contributed by atoms with Gasteiger partial charge in [-0.1, -0.05) is 6.07 Å². The van der Waals surface area contributed by atoms with Gasteiger partial charge in [0.2, 0.25) is 11.1 Å². The van der Waals surface area contributed by atoms with E-state index >= 15 is 0 Å². The summed E-state index contributed by atoms with van der Waals surface area (Å²) in [5.74, 6) is 0.817. The summed E-state index contributed by atoms with van der Waals surface area (Å²) in [5, 5.41) is 11.6. The zero-order valence-electron chi connectivity index (χ0n) is 15.4. The van der Waals surface area contributed by atoms with Crippen molar-refractivity contribution in [2.24, 2.45) is 0 Å². The lowest BCUT2D eigenvalue weighted by Crippen LogP contribution is -2.21. The van der Waals surface area contributed by atoms with Crippen LogP contribution in [0, 0.1) is 0 Å². The van der Waals surface area contributed by atoms with Gasteiger partial charge in [-0.25, -0.2) is 4.98 Å². The summed E-state index contributed by atoms with van der Waals surface area (Å²) in [4.78, 5) is 15.1. The number of carbonyl (C=O) groups excluding carboxylic acids is 1. The van der Waals surface area contributed by atoms with Crippen LogP contribution < -0.4 is 10.1 Å². The fourth-order valence-corrected chi connectivity index (χ4v) is 3.21. The Balaban J connectivity index is 1.96. The lowest BCUT2D eigenvalue weighted by Gasteiger charge is -2.12. The minimum Gasteiger partial charge on any atom is -0.497 e. The van der Waals surface area contributed by atoms with Gasteiger partial charge in [-0.15, -0.1) is 10.2 Å². The Morgan fingerprint density at radius 1 is 1.24 bits per heavy atom. The molecule has 0 unspecified atom stereocenters. The SMILES string of the molecule is COc1cccc(-n2c(CNC(C)=O)nnc2Sc2ccc(C(F)(F)F)cn2)c1. The molecule has 2 aromatic heterocycles. The average molecular weight is 423 g/mol. The largest absolute Gasteiger partial charge is 0.497 e. The summed E-state index contributed by atoms with van der Waals surface area (Å²) in [6.07, 6.45) is -3.69. The third-order valence-electron chi connectivity index (χ3n) is 3.77. The van der Waals surface area contributed by atoms with E-state index in [9.17, 15) is 18.0 Å². The maximum Gasteiger partial charge on any atom is 0.417 e. The summed E-state index contributed by atoms with van der Waals surface area (Å²) in [6, 6.07) is 9.33. The number of alkyl halides is 3. The van der Waals surface area contributed by atoms with Crippen molar-refractivity contribution in [3.05, 3.63) is 54.0 Å². The molecule has 3 rings (SSSR count). The molecule has 0 aliphatic carbocycles. The van der Waals surface area contributed by atoms with Crippen molar-refractivity contribution in [1.29, 1.82) is 0 Å². The molecule has 1 amide bonds. The topological polar surface area (TPSA) is 81.9 Å². The van der Waals surface area contributed by atoms with Gasteiger partial charge in [-0.2, -0.15) is 13.2 Å². The highest BCUT2D eigenvalue weighted by Crippen LogP contribution is 2.32. The molecule has 1 aromatic carbocycles. The second-order valence-corrected chi connectivity index (χ2v) is 6.82. The van der Waals surface area contributed by atoms with E-state index < -0.39 is 11.7 Å². The van der Waals surface area contributed by atoms with Crippen LogP contribution in [0.4, 0.5) is 13.2 Å².